The predicted octanol–water partition coefficient (Wildman–Crippen LogP) is 7.72. The van der Waals surface area contributed by atoms with Crippen LogP contribution >= 0.6 is 0 Å². The summed E-state index contributed by atoms with van der Waals surface area (Å²) in [4.78, 5) is 0. The van der Waals surface area contributed by atoms with Crippen LogP contribution < -0.4 is 0 Å². The zero-order valence-corrected chi connectivity index (χ0v) is 17.8. The molecule has 4 aliphatic carbocycles. The molecule has 6 atom stereocenters. The Labute approximate surface area is 157 Å². The van der Waals surface area contributed by atoms with Gasteiger partial charge in [0.1, 0.15) is 0 Å². The van der Waals surface area contributed by atoms with Crippen molar-refractivity contribution in [1.82, 2.24) is 0 Å². The van der Waals surface area contributed by atoms with Gasteiger partial charge >= 0.3 is 0 Å². The third-order valence-electron chi connectivity index (χ3n) is 9.79. The molecular formula is C25H44. The quantitative estimate of drug-likeness (QED) is 0.481. The van der Waals surface area contributed by atoms with Gasteiger partial charge in [0.15, 0.2) is 0 Å². The van der Waals surface area contributed by atoms with Crippen molar-refractivity contribution in [3.05, 3.63) is 0 Å². The highest BCUT2D eigenvalue weighted by Gasteiger charge is 2.57. The summed E-state index contributed by atoms with van der Waals surface area (Å²) < 4.78 is 0. The first kappa shape index (κ1) is 18.4. The molecular weight excluding hydrogens is 300 g/mol. The fraction of sp³-hybridized carbons (Fsp3) is 1.00. The number of fused-ring (bicyclic) bond motifs is 3. The lowest BCUT2D eigenvalue weighted by atomic mass is 9.59. The summed E-state index contributed by atoms with van der Waals surface area (Å²) in [5.74, 6) is 7.40. The molecule has 0 nitrogen and oxygen atoms in total. The smallest absolute Gasteiger partial charge is 0.0292 e. The predicted molar refractivity (Wildman–Crippen MR) is 108 cm³/mol. The normalized spacial score (nSPS) is 45.2. The van der Waals surface area contributed by atoms with E-state index in [1.54, 1.807) is 25.7 Å². The van der Waals surface area contributed by atoms with Crippen molar-refractivity contribution in [2.45, 2.75) is 105 Å². The molecule has 0 amide bonds. The van der Waals surface area contributed by atoms with Crippen LogP contribution in [-0.4, -0.2) is 0 Å². The maximum Gasteiger partial charge on any atom is -0.0292 e. The Morgan fingerprint density at radius 3 is 1.40 bits per heavy atom. The van der Waals surface area contributed by atoms with Gasteiger partial charge in [0.2, 0.25) is 0 Å². The minimum Gasteiger partial charge on any atom is -0.0599 e. The highest BCUT2D eigenvalue weighted by Crippen LogP contribution is 2.65. The molecule has 0 aromatic rings. The van der Waals surface area contributed by atoms with Crippen LogP contribution in [0.25, 0.3) is 0 Å². The third kappa shape index (κ3) is 3.12. The van der Waals surface area contributed by atoms with Gasteiger partial charge in [-0.3, -0.25) is 0 Å². The molecule has 0 radical (unpaired) electrons. The van der Waals surface area contributed by atoms with Gasteiger partial charge in [0, 0.05) is 0 Å². The van der Waals surface area contributed by atoms with Gasteiger partial charge in [-0.15, -0.1) is 0 Å². The second-order valence-corrected chi connectivity index (χ2v) is 12.1. The molecule has 4 fully saturated rings. The van der Waals surface area contributed by atoms with Crippen LogP contribution in [0.5, 0.6) is 0 Å². The van der Waals surface area contributed by atoms with Crippen LogP contribution in [-0.2, 0) is 0 Å². The first-order chi connectivity index (χ1) is 11.8. The molecule has 4 rings (SSSR count). The summed E-state index contributed by atoms with van der Waals surface area (Å²) in [6.07, 6.45) is 16.9. The fourth-order valence-electron chi connectivity index (χ4n) is 8.47. The van der Waals surface area contributed by atoms with Crippen molar-refractivity contribution in [2.24, 2.45) is 52.3 Å². The average Bonchev–Trinajstić information content (AvgIpc) is 3.18. The highest BCUT2D eigenvalue weighted by molar-refractivity contribution is 5.06. The molecule has 0 heteroatoms. The van der Waals surface area contributed by atoms with Gasteiger partial charge in [-0.1, -0.05) is 60.3 Å². The Bertz CT molecular complexity index is 445. The van der Waals surface area contributed by atoms with Crippen LogP contribution in [0, 0.1) is 52.3 Å². The van der Waals surface area contributed by atoms with E-state index in [-0.39, 0.29) is 0 Å². The number of rotatable bonds is 2. The van der Waals surface area contributed by atoms with Crippen molar-refractivity contribution in [1.29, 1.82) is 0 Å². The fourth-order valence-corrected chi connectivity index (χ4v) is 8.47. The second-order valence-electron chi connectivity index (χ2n) is 12.1. The third-order valence-corrected chi connectivity index (χ3v) is 9.79. The molecule has 0 aromatic heterocycles. The Hall–Kier alpha value is 0. The van der Waals surface area contributed by atoms with E-state index in [9.17, 15) is 0 Å². The molecule has 6 unspecified atom stereocenters. The summed E-state index contributed by atoms with van der Waals surface area (Å²) >= 11 is 0. The van der Waals surface area contributed by atoms with Gasteiger partial charge in [0.05, 0.1) is 0 Å². The van der Waals surface area contributed by atoms with Crippen molar-refractivity contribution in [3.8, 4) is 0 Å². The molecule has 0 N–H and O–H groups in total. The summed E-state index contributed by atoms with van der Waals surface area (Å²) in [6, 6.07) is 0. The largest absolute Gasteiger partial charge is 0.0599 e. The van der Waals surface area contributed by atoms with Crippen LogP contribution in [0.1, 0.15) is 105 Å². The minimum atomic E-state index is 0.515. The molecule has 0 bridgehead atoms. The molecule has 0 aromatic carbocycles. The summed E-state index contributed by atoms with van der Waals surface area (Å²) in [5, 5.41) is 0. The van der Waals surface area contributed by atoms with E-state index in [4.69, 9.17) is 0 Å². The van der Waals surface area contributed by atoms with E-state index in [1.807, 2.05) is 0 Å². The Morgan fingerprint density at radius 2 is 0.960 bits per heavy atom. The van der Waals surface area contributed by atoms with E-state index in [0.717, 1.165) is 41.4 Å². The Balaban J connectivity index is 1.58. The SMILES string of the molecule is CC(C)(C)C1CCC(C(C)(C)C2C3CCCCC3C3CCCCC32)C1. The van der Waals surface area contributed by atoms with E-state index in [2.05, 4.69) is 34.6 Å². The molecule has 0 aliphatic heterocycles. The van der Waals surface area contributed by atoms with Gasteiger partial charge in [-0.25, -0.2) is 0 Å². The first-order valence-electron chi connectivity index (χ1n) is 11.8. The topological polar surface area (TPSA) is 0 Å². The monoisotopic (exact) mass is 344 g/mol. The molecule has 4 saturated carbocycles. The maximum absolute atomic E-state index is 2.72. The number of hydrogen-bond donors (Lipinski definition) is 0. The number of hydrogen-bond acceptors (Lipinski definition) is 0. The molecule has 0 saturated heterocycles. The lowest BCUT2D eigenvalue weighted by Crippen LogP contribution is -2.39. The molecule has 0 spiro atoms. The molecule has 0 heterocycles. The van der Waals surface area contributed by atoms with Gasteiger partial charge in [-0.05, 0) is 97.2 Å². The minimum absolute atomic E-state index is 0.515. The average molecular weight is 345 g/mol. The highest BCUT2D eigenvalue weighted by atomic mass is 14.6. The van der Waals surface area contributed by atoms with Gasteiger partial charge in [-0.2, -0.15) is 0 Å². The van der Waals surface area contributed by atoms with E-state index >= 15 is 0 Å². The van der Waals surface area contributed by atoms with Crippen molar-refractivity contribution < 1.29 is 0 Å². The maximum atomic E-state index is 2.72. The van der Waals surface area contributed by atoms with Crippen LogP contribution in [0.4, 0.5) is 0 Å². The summed E-state index contributed by atoms with van der Waals surface area (Å²) in [7, 11) is 0. The lowest BCUT2D eigenvalue weighted by molar-refractivity contribution is 0.0269. The summed E-state index contributed by atoms with van der Waals surface area (Å²) in [5.41, 5.74) is 1.10. The summed E-state index contributed by atoms with van der Waals surface area (Å²) in [6.45, 7) is 12.9. The molecule has 144 valence electrons. The van der Waals surface area contributed by atoms with E-state index < -0.39 is 0 Å². The zero-order valence-electron chi connectivity index (χ0n) is 17.8. The van der Waals surface area contributed by atoms with Crippen molar-refractivity contribution in [3.63, 3.8) is 0 Å². The van der Waals surface area contributed by atoms with Crippen LogP contribution in [0.15, 0.2) is 0 Å². The van der Waals surface area contributed by atoms with E-state index in [1.165, 1.54) is 44.9 Å². The van der Waals surface area contributed by atoms with Gasteiger partial charge < -0.3 is 0 Å². The molecule has 4 aliphatic rings. The lowest BCUT2D eigenvalue weighted by Gasteiger charge is -2.46. The van der Waals surface area contributed by atoms with Crippen molar-refractivity contribution >= 4 is 0 Å². The Morgan fingerprint density at radius 1 is 0.520 bits per heavy atom. The molecule has 25 heavy (non-hydrogen) atoms. The van der Waals surface area contributed by atoms with Gasteiger partial charge in [0.25, 0.3) is 0 Å². The van der Waals surface area contributed by atoms with Crippen LogP contribution in [0.2, 0.25) is 0 Å². The zero-order chi connectivity index (χ0) is 17.8. The van der Waals surface area contributed by atoms with E-state index in [0.29, 0.717) is 10.8 Å². The first-order valence-corrected chi connectivity index (χ1v) is 11.8. The van der Waals surface area contributed by atoms with Crippen LogP contribution in [0.3, 0.4) is 0 Å². The standard InChI is InChI=1S/C25H44/c1-24(2,3)17-14-15-18(16-17)25(4,5)23-21-12-8-6-10-19(21)20-11-7-9-13-22(20)23/h17-23H,6-16H2,1-5H3. The Kier molecular flexibility index (Phi) is 4.82. The second kappa shape index (κ2) is 6.56. The van der Waals surface area contributed by atoms with Crippen molar-refractivity contribution in [2.75, 3.05) is 0 Å².